The zero-order chi connectivity index (χ0) is 22.2. The van der Waals surface area contributed by atoms with E-state index in [1.54, 1.807) is 10.8 Å². The van der Waals surface area contributed by atoms with Gasteiger partial charge in [0.2, 0.25) is 5.91 Å². The van der Waals surface area contributed by atoms with Crippen molar-refractivity contribution in [2.75, 3.05) is 39.3 Å². The fourth-order valence-corrected chi connectivity index (χ4v) is 4.19. The molecule has 7 nitrogen and oxygen atoms in total. The number of fused-ring (bicyclic) bond motifs is 1. The van der Waals surface area contributed by atoms with E-state index in [2.05, 4.69) is 24.1 Å². The minimum absolute atomic E-state index is 0.0605. The molecule has 1 aromatic heterocycles. The molecule has 1 aliphatic heterocycles. The number of para-hydroxylation sites is 1. The van der Waals surface area contributed by atoms with Crippen LogP contribution in [0.5, 0.6) is 0 Å². The number of amides is 2. The molecule has 0 aliphatic carbocycles. The Bertz CT molecular complexity index is 909. The number of hydrogen-bond donors (Lipinski definition) is 1. The molecule has 1 fully saturated rings. The van der Waals surface area contributed by atoms with Crippen molar-refractivity contribution in [1.82, 2.24) is 19.7 Å². The van der Waals surface area contributed by atoms with E-state index < -0.39 is 11.7 Å². The van der Waals surface area contributed by atoms with Crippen molar-refractivity contribution in [2.45, 2.75) is 46.1 Å². The van der Waals surface area contributed by atoms with Gasteiger partial charge >= 0.3 is 0 Å². The van der Waals surface area contributed by atoms with E-state index in [4.69, 9.17) is 0 Å². The van der Waals surface area contributed by atoms with E-state index in [9.17, 15) is 14.4 Å². The second-order valence-electron chi connectivity index (χ2n) is 8.09. The third-order valence-electron chi connectivity index (χ3n) is 6.11. The highest BCUT2D eigenvalue weighted by Gasteiger charge is 2.23. The number of benzene rings is 1. The summed E-state index contributed by atoms with van der Waals surface area (Å²) < 4.78 is 1.80. The molecule has 1 saturated heterocycles. The summed E-state index contributed by atoms with van der Waals surface area (Å²) in [5, 5.41) is 3.44. The lowest BCUT2D eigenvalue weighted by Gasteiger charge is -2.20. The summed E-state index contributed by atoms with van der Waals surface area (Å²) in [6.45, 7) is 8.83. The number of rotatable bonds is 9. The molecular formula is C24H34N4O3. The van der Waals surface area contributed by atoms with Gasteiger partial charge in [0.05, 0.1) is 5.56 Å². The number of hydrogen-bond acceptors (Lipinski definition) is 4. The fourth-order valence-electron chi connectivity index (χ4n) is 4.19. The van der Waals surface area contributed by atoms with Crippen LogP contribution >= 0.6 is 0 Å². The van der Waals surface area contributed by atoms with Crippen molar-refractivity contribution in [3.05, 3.63) is 36.0 Å². The predicted molar refractivity (Wildman–Crippen MR) is 122 cm³/mol. The molecule has 2 aromatic rings. The number of nitrogens with zero attached hydrogens (tertiary/aromatic N) is 3. The van der Waals surface area contributed by atoms with Gasteiger partial charge < -0.3 is 19.7 Å². The summed E-state index contributed by atoms with van der Waals surface area (Å²) in [5.74, 6) is -1.10. The lowest BCUT2D eigenvalue weighted by atomic mass is 10.1. The molecule has 0 unspecified atom stereocenters. The number of likely N-dealkylation sites (N-methyl/N-ethyl adjacent to an activating group) is 1. The van der Waals surface area contributed by atoms with E-state index in [-0.39, 0.29) is 12.5 Å². The summed E-state index contributed by atoms with van der Waals surface area (Å²) in [6.07, 6.45) is 6.06. The zero-order valence-corrected chi connectivity index (χ0v) is 18.7. The Balaban J connectivity index is 1.73. The number of ketones is 1. The van der Waals surface area contributed by atoms with Crippen LogP contribution in [0, 0.1) is 0 Å². The third-order valence-corrected chi connectivity index (χ3v) is 6.11. The molecule has 0 spiro atoms. The van der Waals surface area contributed by atoms with Gasteiger partial charge in [-0.15, -0.1) is 0 Å². The standard InChI is InChI=1S/C24H34N4O3/c1-3-26(4-2)16-13-25-24(31)23(30)20-17-28(21-12-8-7-11-19(20)21)18-22(29)27-14-9-5-6-10-15-27/h7-8,11-12,17H,3-6,9-10,13-16,18H2,1-2H3,(H,25,31). The highest BCUT2D eigenvalue weighted by atomic mass is 16.2. The largest absolute Gasteiger partial charge is 0.348 e. The molecule has 0 atom stereocenters. The van der Waals surface area contributed by atoms with E-state index in [0.29, 0.717) is 24.0 Å². The molecule has 1 N–H and O–H groups in total. The van der Waals surface area contributed by atoms with Gasteiger partial charge in [0.25, 0.3) is 11.7 Å². The zero-order valence-electron chi connectivity index (χ0n) is 18.7. The Morgan fingerprint density at radius 2 is 1.68 bits per heavy atom. The molecule has 7 heteroatoms. The minimum Gasteiger partial charge on any atom is -0.348 e. The maximum atomic E-state index is 12.9. The number of carbonyl (C=O) groups is 3. The number of aromatic nitrogens is 1. The van der Waals surface area contributed by atoms with Crippen molar-refractivity contribution in [2.24, 2.45) is 0 Å². The molecule has 3 rings (SSSR count). The SMILES string of the molecule is CCN(CC)CCNC(=O)C(=O)c1cn(CC(=O)N2CCCCCC2)c2ccccc12. The van der Waals surface area contributed by atoms with Gasteiger partial charge in [-0.2, -0.15) is 0 Å². The molecule has 1 aromatic carbocycles. The van der Waals surface area contributed by atoms with Crippen LogP contribution in [0.2, 0.25) is 0 Å². The summed E-state index contributed by atoms with van der Waals surface area (Å²) in [4.78, 5) is 42.4. The highest BCUT2D eigenvalue weighted by Crippen LogP contribution is 2.22. The van der Waals surface area contributed by atoms with Crippen LogP contribution in [0.25, 0.3) is 10.9 Å². The summed E-state index contributed by atoms with van der Waals surface area (Å²) >= 11 is 0. The van der Waals surface area contributed by atoms with Gasteiger partial charge in [-0.25, -0.2) is 0 Å². The first-order chi connectivity index (χ1) is 15.0. The lowest BCUT2D eigenvalue weighted by molar-refractivity contribution is -0.131. The first kappa shape index (κ1) is 23.0. The van der Waals surface area contributed by atoms with Crippen LogP contribution in [-0.2, 0) is 16.1 Å². The van der Waals surface area contributed by atoms with Crippen LogP contribution in [-0.4, -0.2) is 71.2 Å². The van der Waals surface area contributed by atoms with Crippen molar-refractivity contribution >= 4 is 28.5 Å². The Labute approximate surface area is 184 Å². The monoisotopic (exact) mass is 426 g/mol. The van der Waals surface area contributed by atoms with Crippen molar-refractivity contribution in [3.8, 4) is 0 Å². The smallest absolute Gasteiger partial charge is 0.292 e. The van der Waals surface area contributed by atoms with Crippen molar-refractivity contribution < 1.29 is 14.4 Å². The van der Waals surface area contributed by atoms with Crippen LogP contribution in [0.3, 0.4) is 0 Å². The first-order valence-corrected chi connectivity index (χ1v) is 11.5. The Kier molecular flexibility index (Phi) is 8.23. The second kappa shape index (κ2) is 11.1. The predicted octanol–water partition coefficient (Wildman–Crippen LogP) is 2.68. The summed E-state index contributed by atoms with van der Waals surface area (Å²) in [5.41, 5.74) is 1.14. The summed E-state index contributed by atoms with van der Waals surface area (Å²) in [6, 6.07) is 7.45. The second-order valence-corrected chi connectivity index (χ2v) is 8.09. The Hall–Kier alpha value is -2.67. The van der Waals surface area contributed by atoms with Crippen LogP contribution in [0.1, 0.15) is 49.9 Å². The Morgan fingerprint density at radius 3 is 2.35 bits per heavy atom. The first-order valence-electron chi connectivity index (χ1n) is 11.5. The van der Waals surface area contributed by atoms with Gasteiger partial charge in [-0.1, -0.05) is 44.9 Å². The molecule has 0 saturated carbocycles. The number of carbonyl (C=O) groups excluding carboxylic acids is 3. The van der Waals surface area contributed by atoms with E-state index in [1.807, 2.05) is 29.2 Å². The summed E-state index contributed by atoms with van der Waals surface area (Å²) in [7, 11) is 0. The van der Waals surface area contributed by atoms with E-state index >= 15 is 0 Å². The Morgan fingerprint density at radius 1 is 1.00 bits per heavy atom. The number of Topliss-reactive ketones (excluding diaryl/α,β-unsaturated/α-hetero) is 1. The van der Waals surface area contributed by atoms with Gasteiger partial charge in [0, 0.05) is 43.3 Å². The van der Waals surface area contributed by atoms with Gasteiger partial charge in [-0.05, 0) is 32.0 Å². The molecule has 0 radical (unpaired) electrons. The fraction of sp³-hybridized carbons (Fsp3) is 0.542. The number of nitrogens with one attached hydrogen (secondary N) is 1. The van der Waals surface area contributed by atoms with E-state index in [0.717, 1.165) is 57.4 Å². The maximum Gasteiger partial charge on any atom is 0.292 e. The van der Waals surface area contributed by atoms with Gasteiger partial charge in [0.1, 0.15) is 6.54 Å². The van der Waals surface area contributed by atoms with Crippen LogP contribution < -0.4 is 5.32 Å². The molecule has 2 amide bonds. The molecule has 2 heterocycles. The highest BCUT2D eigenvalue weighted by molar-refractivity contribution is 6.45. The molecular weight excluding hydrogens is 392 g/mol. The molecule has 1 aliphatic rings. The third kappa shape index (κ3) is 5.73. The average Bonchev–Trinajstić information content (AvgIpc) is 2.95. The average molecular weight is 427 g/mol. The quantitative estimate of drug-likeness (QED) is 0.494. The molecule has 31 heavy (non-hydrogen) atoms. The lowest BCUT2D eigenvalue weighted by Crippen LogP contribution is -2.38. The molecule has 168 valence electrons. The maximum absolute atomic E-state index is 12.9. The van der Waals surface area contributed by atoms with Gasteiger partial charge in [0.15, 0.2) is 0 Å². The van der Waals surface area contributed by atoms with Crippen LogP contribution in [0.15, 0.2) is 30.5 Å². The van der Waals surface area contributed by atoms with Crippen molar-refractivity contribution in [1.29, 1.82) is 0 Å². The minimum atomic E-state index is -0.603. The molecule has 0 bridgehead atoms. The van der Waals surface area contributed by atoms with Gasteiger partial charge in [-0.3, -0.25) is 14.4 Å². The van der Waals surface area contributed by atoms with Crippen LogP contribution in [0.4, 0.5) is 0 Å². The van der Waals surface area contributed by atoms with E-state index in [1.165, 1.54) is 0 Å². The normalized spacial score (nSPS) is 14.6. The van der Waals surface area contributed by atoms with Crippen molar-refractivity contribution in [3.63, 3.8) is 0 Å². The topological polar surface area (TPSA) is 74.6 Å². The number of likely N-dealkylation sites (tertiary alicyclic amines) is 1.